The lowest BCUT2D eigenvalue weighted by molar-refractivity contribution is -0.233. The first-order valence-corrected chi connectivity index (χ1v) is 5.73. The first kappa shape index (κ1) is 16.0. The fourth-order valence-electron chi connectivity index (χ4n) is 1.74. The lowest BCUT2D eigenvalue weighted by Gasteiger charge is -2.38. The molecule has 0 saturated carbocycles. The first-order chi connectivity index (χ1) is 9.10. The molecule has 4 nitrogen and oxygen atoms in total. The number of halogens is 3. The van der Waals surface area contributed by atoms with E-state index in [2.05, 4.69) is 0 Å². The van der Waals surface area contributed by atoms with E-state index in [0.717, 1.165) is 6.92 Å². The first-order valence-electron chi connectivity index (χ1n) is 5.73. The fraction of sp³-hybridized carbons (Fsp3) is 0.385. The van der Waals surface area contributed by atoms with Crippen LogP contribution in [0.25, 0.3) is 0 Å². The summed E-state index contributed by atoms with van der Waals surface area (Å²) in [6.07, 6.45) is -5.08. The Morgan fingerprint density at radius 1 is 1.20 bits per heavy atom. The van der Waals surface area contributed by atoms with E-state index < -0.39 is 30.1 Å². The third kappa shape index (κ3) is 2.92. The maximum atomic E-state index is 13.1. The van der Waals surface area contributed by atoms with Gasteiger partial charge in [-0.2, -0.15) is 13.2 Å². The van der Waals surface area contributed by atoms with Crippen LogP contribution in [0.1, 0.15) is 19.4 Å². The summed E-state index contributed by atoms with van der Waals surface area (Å²) in [5.41, 5.74) is -2.85. The number of nitrogens with zero attached hydrogens (tertiary/aromatic N) is 1. The second-order valence-electron chi connectivity index (χ2n) is 4.47. The van der Waals surface area contributed by atoms with Crippen molar-refractivity contribution in [3.63, 3.8) is 0 Å². The zero-order valence-corrected chi connectivity index (χ0v) is 10.9. The summed E-state index contributed by atoms with van der Waals surface area (Å²) in [5.74, 6) is -3.08. The van der Waals surface area contributed by atoms with Crippen LogP contribution in [0.3, 0.4) is 0 Å². The Balaban J connectivity index is 3.24. The zero-order chi connectivity index (χ0) is 15.6. The Labute approximate surface area is 113 Å². The van der Waals surface area contributed by atoms with Crippen molar-refractivity contribution in [1.29, 1.82) is 0 Å². The second-order valence-corrected chi connectivity index (χ2v) is 4.47. The highest BCUT2D eigenvalue weighted by atomic mass is 19.4. The standard InChI is InChI=1S/C13H14F3NO3/c1-9(18)17(8-10-6-4-3-5-7-10)12(2,11(19)20)13(14,15)16/h3-7H,8H2,1-2H3,(H,19,20). The number of carboxylic acid groups (broad SMARTS) is 1. The van der Waals surface area contributed by atoms with Crippen LogP contribution in [0.2, 0.25) is 0 Å². The van der Waals surface area contributed by atoms with Crippen molar-refractivity contribution < 1.29 is 27.9 Å². The molecule has 0 aromatic heterocycles. The largest absolute Gasteiger partial charge is 0.479 e. The van der Waals surface area contributed by atoms with Gasteiger partial charge in [0.2, 0.25) is 11.4 Å². The summed E-state index contributed by atoms with van der Waals surface area (Å²) < 4.78 is 39.3. The van der Waals surface area contributed by atoms with Gasteiger partial charge in [0.05, 0.1) is 0 Å². The summed E-state index contributed by atoms with van der Waals surface area (Å²) in [7, 11) is 0. The van der Waals surface area contributed by atoms with Gasteiger partial charge >= 0.3 is 12.1 Å². The Hall–Kier alpha value is -2.05. The highest BCUT2D eigenvalue weighted by Gasteiger charge is 2.62. The van der Waals surface area contributed by atoms with Gasteiger partial charge in [0, 0.05) is 13.5 Å². The molecule has 0 heterocycles. The molecule has 1 N–H and O–H groups in total. The van der Waals surface area contributed by atoms with Gasteiger partial charge < -0.3 is 10.0 Å². The van der Waals surface area contributed by atoms with E-state index in [1.54, 1.807) is 18.2 Å². The monoisotopic (exact) mass is 289 g/mol. The third-order valence-corrected chi connectivity index (χ3v) is 3.07. The van der Waals surface area contributed by atoms with Crippen molar-refractivity contribution in [1.82, 2.24) is 4.90 Å². The van der Waals surface area contributed by atoms with E-state index >= 15 is 0 Å². The number of carbonyl (C=O) groups excluding carboxylic acids is 1. The Kier molecular flexibility index (Phi) is 4.42. The Bertz CT molecular complexity index is 501. The number of hydrogen-bond acceptors (Lipinski definition) is 2. The molecule has 0 aliphatic carbocycles. The van der Waals surface area contributed by atoms with E-state index in [1.165, 1.54) is 12.1 Å². The van der Waals surface area contributed by atoms with Gasteiger partial charge in [0.15, 0.2) is 0 Å². The van der Waals surface area contributed by atoms with Crippen LogP contribution in [0.4, 0.5) is 13.2 Å². The van der Waals surface area contributed by atoms with Crippen LogP contribution < -0.4 is 0 Å². The number of hydrogen-bond donors (Lipinski definition) is 1. The molecular formula is C13H14F3NO3. The minimum Gasteiger partial charge on any atom is -0.479 e. The molecule has 0 aliphatic rings. The van der Waals surface area contributed by atoms with Gasteiger partial charge in [-0.3, -0.25) is 4.79 Å². The van der Waals surface area contributed by atoms with Crippen molar-refractivity contribution in [3.05, 3.63) is 35.9 Å². The number of carboxylic acids is 1. The second kappa shape index (κ2) is 5.52. The zero-order valence-electron chi connectivity index (χ0n) is 10.9. The SMILES string of the molecule is CC(=O)N(Cc1ccccc1)C(C)(C(=O)O)C(F)(F)F. The summed E-state index contributed by atoms with van der Waals surface area (Å²) in [6, 6.07) is 7.91. The fourth-order valence-corrected chi connectivity index (χ4v) is 1.74. The molecule has 0 spiro atoms. The molecule has 0 aliphatic heterocycles. The molecule has 1 unspecified atom stereocenters. The predicted octanol–water partition coefficient (Wildman–Crippen LogP) is 2.44. The van der Waals surface area contributed by atoms with Gasteiger partial charge in [-0.25, -0.2) is 4.79 Å². The average molecular weight is 289 g/mol. The molecule has 0 saturated heterocycles. The number of benzene rings is 1. The number of alkyl halides is 3. The minimum absolute atomic E-state index is 0.310. The van der Waals surface area contributed by atoms with Crippen molar-refractivity contribution >= 4 is 11.9 Å². The van der Waals surface area contributed by atoms with Crippen LogP contribution in [-0.2, 0) is 16.1 Å². The van der Waals surface area contributed by atoms with Crippen LogP contribution >= 0.6 is 0 Å². The van der Waals surface area contributed by atoms with Gasteiger partial charge in [0.1, 0.15) is 0 Å². The summed E-state index contributed by atoms with van der Waals surface area (Å²) in [5, 5.41) is 8.95. The highest BCUT2D eigenvalue weighted by molar-refractivity contribution is 5.86. The smallest absolute Gasteiger partial charge is 0.422 e. The van der Waals surface area contributed by atoms with Crippen molar-refractivity contribution in [2.45, 2.75) is 32.1 Å². The highest BCUT2D eigenvalue weighted by Crippen LogP contribution is 2.36. The van der Waals surface area contributed by atoms with Gasteiger partial charge in [-0.15, -0.1) is 0 Å². The molecule has 0 radical (unpaired) electrons. The maximum absolute atomic E-state index is 13.1. The summed E-state index contributed by atoms with van der Waals surface area (Å²) >= 11 is 0. The van der Waals surface area contributed by atoms with Crippen LogP contribution in [0, 0.1) is 0 Å². The minimum atomic E-state index is -5.08. The maximum Gasteiger partial charge on any atom is 0.422 e. The van der Waals surface area contributed by atoms with E-state index in [9.17, 15) is 22.8 Å². The third-order valence-electron chi connectivity index (χ3n) is 3.07. The molecule has 1 rings (SSSR count). The number of amides is 1. The molecule has 0 fully saturated rings. The average Bonchev–Trinajstić information content (AvgIpc) is 2.34. The summed E-state index contributed by atoms with van der Waals surface area (Å²) in [6.45, 7) is 0.966. The van der Waals surface area contributed by atoms with Gasteiger partial charge in [-0.1, -0.05) is 30.3 Å². The Morgan fingerprint density at radius 2 is 1.70 bits per heavy atom. The number of aliphatic carboxylic acids is 1. The number of carbonyl (C=O) groups is 2. The molecule has 7 heteroatoms. The molecule has 1 amide bonds. The van der Waals surface area contributed by atoms with Crippen molar-refractivity contribution in [2.24, 2.45) is 0 Å². The van der Waals surface area contributed by atoms with Crippen LogP contribution in [-0.4, -0.2) is 33.6 Å². The van der Waals surface area contributed by atoms with E-state index in [-0.39, 0.29) is 0 Å². The lowest BCUT2D eigenvalue weighted by atomic mass is 9.98. The predicted molar refractivity (Wildman–Crippen MR) is 64.8 cm³/mol. The molecule has 110 valence electrons. The van der Waals surface area contributed by atoms with Gasteiger partial charge in [-0.05, 0) is 12.5 Å². The van der Waals surface area contributed by atoms with E-state index in [1.807, 2.05) is 0 Å². The normalized spacial score (nSPS) is 14.4. The molecule has 1 aromatic carbocycles. The topological polar surface area (TPSA) is 57.6 Å². The van der Waals surface area contributed by atoms with Crippen molar-refractivity contribution in [2.75, 3.05) is 0 Å². The van der Waals surface area contributed by atoms with Crippen LogP contribution in [0.15, 0.2) is 30.3 Å². The van der Waals surface area contributed by atoms with E-state index in [0.29, 0.717) is 17.4 Å². The van der Waals surface area contributed by atoms with Crippen molar-refractivity contribution in [3.8, 4) is 0 Å². The molecular weight excluding hydrogens is 275 g/mol. The molecule has 1 aromatic rings. The van der Waals surface area contributed by atoms with Gasteiger partial charge in [0.25, 0.3) is 0 Å². The molecule has 0 bridgehead atoms. The molecule has 1 atom stereocenters. The Morgan fingerprint density at radius 3 is 2.05 bits per heavy atom. The van der Waals surface area contributed by atoms with E-state index in [4.69, 9.17) is 5.11 Å². The molecule has 20 heavy (non-hydrogen) atoms. The quantitative estimate of drug-likeness (QED) is 0.926. The lowest BCUT2D eigenvalue weighted by Crippen LogP contribution is -2.63. The summed E-state index contributed by atoms with van der Waals surface area (Å²) in [4.78, 5) is 22.9. The number of rotatable bonds is 4. The van der Waals surface area contributed by atoms with Crippen LogP contribution in [0.5, 0.6) is 0 Å².